The smallest absolute Gasteiger partial charge is 0.105 e. The van der Waals surface area contributed by atoms with E-state index in [0.717, 1.165) is 15.8 Å². The third-order valence-electron chi connectivity index (χ3n) is 2.11. The molecule has 3 nitrogen and oxygen atoms in total. The molecule has 0 bridgehead atoms. The molecule has 0 aliphatic rings. The zero-order chi connectivity index (χ0) is 9.26. The molecule has 4 heteroatoms. The van der Waals surface area contributed by atoms with E-state index in [4.69, 9.17) is 5.11 Å². The van der Waals surface area contributed by atoms with Crippen molar-refractivity contribution in [3.05, 3.63) is 23.8 Å². The average molecular weight is 194 g/mol. The normalized spacial score (nSPS) is 13.4. The van der Waals surface area contributed by atoms with Gasteiger partial charge >= 0.3 is 0 Å². The fraction of sp³-hybridized carbons (Fsp3) is 0.333. The van der Waals surface area contributed by atoms with Crippen LogP contribution in [0.1, 0.15) is 18.4 Å². The predicted molar refractivity (Wildman–Crippen MR) is 52.9 cm³/mol. The third kappa shape index (κ3) is 1.55. The van der Waals surface area contributed by atoms with E-state index < -0.39 is 0 Å². The zero-order valence-electron chi connectivity index (χ0n) is 7.27. The van der Waals surface area contributed by atoms with Crippen molar-refractivity contribution in [2.24, 2.45) is 0 Å². The van der Waals surface area contributed by atoms with Crippen LogP contribution in [0.3, 0.4) is 0 Å². The summed E-state index contributed by atoms with van der Waals surface area (Å²) in [6.07, 6.45) is 0. The van der Waals surface area contributed by atoms with E-state index in [-0.39, 0.29) is 12.5 Å². The molecule has 0 aliphatic heterocycles. The van der Waals surface area contributed by atoms with Gasteiger partial charge in [-0.15, -0.1) is 5.10 Å². The summed E-state index contributed by atoms with van der Waals surface area (Å²) in [6, 6.07) is 5.98. The number of aliphatic hydroxyl groups is 1. The summed E-state index contributed by atoms with van der Waals surface area (Å²) < 4.78 is 4.94. The number of benzene rings is 1. The molecule has 13 heavy (non-hydrogen) atoms. The maximum atomic E-state index is 8.98. The van der Waals surface area contributed by atoms with Crippen LogP contribution in [0.4, 0.5) is 0 Å². The molecule has 2 rings (SSSR count). The van der Waals surface area contributed by atoms with Crippen molar-refractivity contribution in [2.75, 3.05) is 6.61 Å². The van der Waals surface area contributed by atoms with Crippen LogP contribution >= 0.6 is 11.5 Å². The van der Waals surface area contributed by atoms with Gasteiger partial charge in [-0.25, -0.2) is 0 Å². The van der Waals surface area contributed by atoms with Crippen LogP contribution < -0.4 is 0 Å². The summed E-state index contributed by atoms with van der Waals surface area (Å²) in [5, 5.41) is 12.9. The summed E-state index contributed by atoms with van der Waals surface area (Å²) in [7, 11) is 0. The molecule has 1 aromatic heterocycles. The maximum absolute atomic E-state index is 8.98. The number of rotatable bonds is 2. The van der Waals surface area contributed by atoms with Crippen LogP contribution in [-0.4, -0.2) is 21.3 Å². The highest BCUT2D eigenvalue weighted by Gasteiger charge is 2.05. The van der Waals surface area contributed by atoms with Gasteiger partial charge in [-0.1, -0.05) is 17.5 Å². The fourth-order valence-electron chi connectivity index (χ4n) is 1.21. The van der Waals surface area contributed by atoms with Gasteiger partial charge in [-0.3, -0.25) is 0 Å². The Labute approximate surface area is 80.2 Å². The molecule has 1 heterocycles. The van der Waals surface area contributed by atoms with E-state index in [1.165, 1.54) is 11.5 Å². The standard InChI is InChI=1S/C9H10N2OS/c1-6(5-12)7-2-3-8-9(4-7)13-11-10-8/h2-4,6,12H,5H2,1H3. The summed E-state index contributed by atoms with van der Waals surface area (Å²) >= 11 is 1.39. The van der Waals surface area contributed by atoms with Gasteiger partial charge in [-0.05, 0) is 29.2 Å². The van der Waals surface area contributed by atoms with Crippen LogP contribution in [0.15, 0.2) is 18.2 Å². The Morgan fingerprint density at radius 3 is 3.15 bits per heavy atom. The quantitative estimate of drug-likeness (QED) is 0.792. The Hall–Kier alpha value is -1.00. The number of aliphatic hydroxyl groups excluding tert-OH is 1. The van der Waals surface area contributed by atoms with Crippen molar-refractivity contribution >= 4 is 21.7 Å². The summed E-state index contributed by atoms with van der Waals surface area (Å²) in [5.74, 6) is 0.187. The van der Waals surface area contributed by atoms with Crippen LogP contribution in [0.2, 0.25) is 0 Å². The van der Waals surface area contributed by atoms with E-state index in [2.05, 4.69) is 9.59 Å². The monoisotopic (exact) mass is 194 g/mol. The largest absolute Gasteiger partial charge is 0.396 e. The SMILES string of the molecule is CC(CO)c1ccc2nnsc2c1. The number of fused-ring (bicyclic) bond motifs is 1. The van der Waals surface area contributed by atoms with Gasteiger partial charge in [0.15, 0.2) is 0 Å². The lowest BCUT2D eigenvalue weighted by molar-refractivity contribution is 0.273. The second-order valence-corrected chi connectivity index (χ2v) is 3.87. The Morgan fingerprint density at radius 2 is 2.38 bits per heavy atom. The zero-order valence-corrected chi connectivity index (χ0v) is 8.08. The van der Waals surface area contributed by atoms with Gasteiger partial charge in [0.05, 0.1) is 4.70 Å². The van der Waals surface area contributed by atoms with Gasteiger partial charge in [0.1, 0.15) is 5.52 Å². The first-order valence-electron chi connectivity index (χ1n) is 4.14. The van der Waals surface area contributed by atoms with Crippen LogP contribution in [0.5, 0.6) is 0 Å². The minimum Gasteiger partial charge on any atom is -0.396 e. The topological polar surface area (TPSA) is 46.0 Å². The molecular weight excluding hydrogens is 184 g/mol. The molecule has 0 spiro atoms. The maximum Gasteiger partial charge on any atom is 0.105 e. The first kappa shape index (κ1) is 8.59. The van der Waals surface area contributed by atoms with E-state index in [1.54, 1.807) is 0 Å². The molecular formula is C9H10N2OS. The number of hydrogen-bond acceptors (Lipinski definition) is 4. The Morgan fingerprint density at radius 1 is 1.54 bits per heavy atom. The molecule has 1 unspecified atom stereocenters. The lowest BCUT2D eigenvalue weighted by Crippen LogP contribution is -1.97. The third-order valence-corrected chi connectivity index (χ3v) is 2.80. The number of nitrogens with zero attached hydrogens (tertiary/aromatic N) is 2. The molecule has 0 fully saturated rings. The van der Waals surface area contributed by atoms with E-state index in [9.17, 15) is 0 Å². The first-order chi connectivity index (χ1) is 6.31. The molecule has 1 aromatic carbocycles. The second-order valence-electron chi connectivity index (χ2n) is 3.08. The van der Waals surface area contributed by atoms with Gasteiger partial charge in [0, 0.05) is 12.5 Å². The van der Waals surface area contributed by atoms with E-state index in [0.29, 0.717) is 0 Å². The fourth-order valence-corrected chi connectivity index (χ4v) is 1.81. The Balaban J connectivity index is 2.48. The van der Waals surface area contributed by atoms with Crippen LogP contribution in [0, 0.1) is 0 Å². The van der Waals surface area contributed by atoms with Crippen molar-refractivity contribution in [1.82, 2.24) is 9.59 Å². The van der Waals surface area contributed by atoms with Gasteiger partial charge in [0.2, 0.25) is 0 Å². The van der Waals surface area contributed by atoms with Crippen molar-refractivity contribution < 1.29 is 5.11 Å². The molecule has 68 valence electrons. The van der Waals surface area contributed by atoms with Crippen molar-refractivity contribution in [3.8, 4) is 0 Å². The lowest BCUT2D eigenvalue weighted by Gasteiger charge is -2.06. The van der Waals surface area contributed by atoms with E-state index in [1.807, 2.05) is 25.1 Å². The number of aromatic nitrogens is 2. The van der Waals surface area contributed by atoms with Gasteiger partial charge in [-0.2, -0.15) is 0 Å². The molecule has 1 N–H and O–H groups in total. The molecule has 0 saturated heterocycles. The molecule has 0 aliphatic carbocycles. The van der Waals surface area contributed by atoms with Crippen molar-refractivity contribution in [1.29, 1.82) is 0 Å². The summed E-state index contributed by atoms with van der Waals surface area (Å²) in [4.78, 5) is 0. The first-order valence-corrected chi connectivity index (χ1v) is 4.91. The second kappa shape index (κ2) is 3.40. The lowest BCUT2D eigenvalue weighted by atomic mass is 10.0. The van der Waals surface area contributed by atoms with Crippen LogP contribution in [0.25, 0.3) is 10.2 Å². The van der Waals surface area contributed by atoms with Gasteiger partial charge in [0.25, 0.3) is 0 Å². The summed E-state index contributed by atoms with van der Waals surface area (Å²) in [5.41, 5.74) is 2.07. The predicted octanol–water partition coefficient (Wildman–Crippen LogP) is 1.79. The van der Waals surface area contributed by atoms with E-state index >= 15 is 0 Å². The Bertz CT molecular complexity index is 413. The number of hydrogen-bond donors (Lipinski definition) is 1. The van der Waals surface area contributed by atoms with Gasteiger partial charge < -0.3 is 5.11 Å². The highest BCUT2D eigenvalue weighted by atomic mass is 32.1. The average Bonchev–Trinajstić information content (AvgIpc) is 2.63. The molecule has 0 saturated carbocycles. The minimum absolute atomic E-state index is 0.178. The molecule has 0 radical (unpaired) electrons. The molecule has 1 atom stereocenters. The van der Waals surface area contributed by atoms with Crippen LogP contribution in [-0.2, 0) is 0 Å². The summed E-state index contributed by atoms with van der Waals surface area (Å²) in [6.45, 7) is 2.17. The molecule has 0 amide bonds. The highest BCUT2D eigenvalue weighted by molar-refractivity contribution is 7.12. The minimum atomic E-state index is 0.178. The highest BCUT2D eigenvalue weighted by Crippen LogP contribution is 2.21. The Kier molecular flexibility index (Phi) is 2.24. The van der Waals surface area contributed by atoms with Crippen molar-refractivity contribution in [2.45, 2.75) is 12.8 Å². The molecule has 2 aromatic rings. The van der Waals surface area contributed by atoms with Crippen molar-refractivity contribution in [3.63, 3.8) is 0 Å².